The molecule has 23 heavy (non-hydrogen) atoms. The number of nitrogens with zero attached hydrogens (tertiary/aromatic N) is 2. The fraction of sp³-hybridized carbons (Fsp3) is 0.0588. The van der Waals surface area contributed by atoms with E-state index in [1.165, 1.54) is 16.7 Å². The Bertz CT molecular complexity index is 738. The monoisotopic (exact) mass is 310 g/mol. The van der Waals surface area contributed by atoms with Crippen LogP contribution < -0.4 is 0 Å². The molecule has 0 amide bonds. The molecular weight excluding hydrogens is 296 g/mol. The number of aliphatic imine (C=N–C) groups is 1. The van der Waals surface area contributed by atoms with Crippen molar-refractivity contribution in [3.63, 3.8) is 0 Å². The topological polar surface area (TPSA) is 99.9 Å². The summed E-state index contributed by atoms with van der Waals surface area (Å²) < 4.78 is 0. The lowest BCUT2D eigenvalue weighted by molar-refractivity contribution is -0.134. The first kappa shape index (κ1) is 16.1. The van der Waals surface area contributed by atoms with Crippen molar-refractivity contribution in [3.05, 3.63) is 77.6 Å². The first-order valence-corrected chi connectivity index (χ1v) is 6.74. The molecular formula is C17H14N2O4. The molecule has 6 heteroatoms. The highest BCUT2D eigenvalue weighted by atomic mass is 16.4. The average Bonchev–Trinajstić information content (AvgIpc) is 2.98. The molecule has 0 bridgehead atoms. The summed E-state index contributed by atoms with van der Waals surface area (Å²) in [7, 11) is 0. The zero-order chi connectivity index (χ0) is 16.7. The molecule has 1 unspecified atom stereocenters. The van der Waals surface area contributed by atoms with Crippen molar-refractivity contribution in [3.8, 4) is 0 Å². The van der Waals surface area contributed by atoms with Crippen molar-refractivity contribution >= 4 is 18.2 Å². The Morgan fingerprint density at radius 3 is 2.17 bits per heavy atom. The highest BCUT2D eigenvalue weighted by Gasteiger charge is 2.19. The van der Waals surface area contributed by atoms with Gasteiger partial charge in [0, 0.05) is 30.8 Å². The number of rotatable bonds is 3. The van der Waals surface area contributed by atoms with Gasteiger partial charge in [0.2, 0.25) is 0 Å². The van der Waals surface area contributed by atoms with Crippen LogP contribution in [0.4, 0.5) is 0 Å². The third-order valence-electron chi connectivity index (χ3n) is 3.04. The van der Waals surface area contributed by atoms with Gasteiger partial charge in [-0.25, -0.2) is 9.59 Å². The van der Waals surface area contributed by atoms with Gasteiger partial charge in [0.1, 0.15) is 6.04 Å². The van der Waals surface area contributed by atoms with Crippen LogP contribution in [0.3, 0.4) is 0 Å². The zero-order valence-corrected chi connectivity index (χ0v) is 12.0. The molecule has 0 radical (unpaired) electrons. The van der Waals surface area contributed by atoms with Gasteiger partial charge in [0.05, 0.1) is 0 Å². The predicted octanol–water partition coefficient (Wildman–Crippen LogP) is 2.32. The summed E-state index contributed by atoms with van der Waals surface area (Å²) in [4.78, 5) is 27.6. The summed E-state index contributed by atoms with van der Waals surface area (Å²) in [6.07, 6.45) is 6.68. The number of aliphatic carboxylic acids is 2. The summed E-state index contributed by atoms with van der Waals surface area (Å²) in [5.74, 6) is -2.51. The third-order valence-corrected chi connectivity index (χ3v) is 3.04. The molecule has 3 rings (SSSR count). The maximum absolute atomic E-state index is 9.55. The minimum atomic E-state index is -1.26. The number of benzene rings is 1. The van der Waals surface area contributed by atoms with Gasteiger partial charge in [0.15, 0.2) is 0 Å². The number of carboxylic acids is 2. The lowest BCUT2D eigenvalue weighted by atomic mass is 9.99. The highest BCUT2D eigenvalue weighted by molar-refractivity contribution is 5.89. The maximum atomic E-state index is 9.55. The largest absolute Gasteiger partial charge is 0.478 e. The van der Waals surface area contributed by atoms with Crippen LogP contribution in [0.25, 0.3) is 0 Å². The molecule has 6 nitrogen and oxygen atoms in total. The molecule has 2 aromatic rings. The van der Waals surface area contributed by atoms with E-state index in [1.807, 2.05) is 36.8 Å². The Hall–Kier alpha value is -3.28. The van der Waals surface area contributed by atoms with Gasteiger partial charge in [-0.15, -0.1) is 0 Å². The number of hydrogen-bond acceptors (Lipinski definition) is 4. The summed E-state index contributed by atoms with van der Waals surface area (Å²) in [5, 5.41) is 15.6. The second-order valence-electron chi connectivity index (χ2n) is 4.60. The molecule has 1 aromatic carbocycles. The van der Waals surface area contributed by atoms with E-state index in [0.717, 1.165) is 0 Å². The number of carboxylic acid groups (broad SMARTS) is 2. The van der Waals surface area contributed by atoms with E-state index in [0.29, 0.717) is 12.2 Å². The predicted molar refractivity (Wildman–Crippen MR) is 84.5 cm³/mol. The number of carbonyl (C=O) groups is 2. The maximum Gasteiger partial charge on any atom is 0.328 e. The number of aromatic nitrogens is 1. The quantitative estimate of drug-likeness (QED) is 0.847. The Kier molecular flexibility index (Phi) is 5.35. The van der Waals surface area contributed by atoms with E-state index in [2.05, 4.69) is 28.2 Å². The molecule has 2 heterocycles. The van der Waals surface area contributed by atoms with E-state index in [9.17, 15) is 9.59 Å². The zero-order valence-electron chi connectivity index (χ0n) is 12.0. The van der Waals surface area contributed by atoms with Crippen LogP contribution in [-0.2, 0) is 9.59 Å². The lowest BCUT2D eigenvalue weighted by Gasteiger charge is -2.09. The van der Waals surface area contributed by atoms with Crippen LogP contribution in [-0.4, -0.2) is 33.4 Å². The van der Waals surface area contributed by atoms with Gasteiger partial charge in [-0.2, -0.15) is 0 Å². The normalized spacial score (nSPS) is 14.9. The van der Waals surface area contributed by atoms with Crippen LogP contribution in [0.2, 0.25) is 0 Å². The highest BCUT2D eigenvalue weighted by Crippen LogP contribution is 2.31. The van der Waals surface area contributed by atoms with Gasteiger partial charge in [-0.3, -0.25) is 9.98 Å². The van der Waals surface area contributed by atoms with Gasteiger partial charge in [-0.05, 0) is 28.8 Å². The van der Waals surface area contributed by atoms with E-state index in [1.54, 1.807) is 0 Å². The summed E-state index contributed by atoms with van der Waals surface area (Å²) in [6, 6.07) is 12.5. The second-order valence-corrected chi connectivity index (χ2v) is 4.60. The van der Waals surface area contributed by atoms with Crippen LogP contribution in [0.1, 0.15) is 22.7 Å². The molecule has 1 aliphatic heterocycles. The van der Waals surface area contributed by atoms with Gasteiger partial charge >= 0.3 is 11.9 Å². The minimum Gasteiger partial charge on any atom is -0.478 e. The third kappa shape index (κ3) is 4.60. The first-order valence-electron chi connectivity index (χ1n) is 6.74. The lowest BCUT2D eigenvalue weighted by Crippen LogP contribution is -1.95. The van der Waals surface area contributed by atoms with Crippen molar-refractivity contribution in [2.75, 3.05) is 0 Å². The second kappa shape index (κ2) is 7.65. The summed E-state index contributed by atoms with van der Waals surface area (Å²) in [5.41, 5.74) is 3.70. The molecule has 116 valence electrons. The van der Waals surface area contributed by atoms with Crippen molar-refractivity contribution < 1.29 is 19.8 Å². The molecule has 1 aliphatic rings. The molecule has 0 saturated carbocycles. The smallest absolute Gasteiger partial charge is 0.328 e. The van der Waals surface area contributed by atoms with Crippen LogP contribution in [0.15, 0.2) is 65.9 Å². The van der Waals surface area contributed by atoms with E-state index in [4.69, 9.17) is 10.2 Å². The Morgan fingerprint density at radius 2 is 1.57 bits per heavy atom. The Labute approximate surface area is 132 Å². The van der Waals surface area contributed by atoms with Crippen molar-refractivity contribution in [1.82, 2.24) is 4.98 Å². The molecule has 2 N–H and O–H groups in total. The van der Waals surface area contributed by atoms with E-state index >= 15 is 0 Å². The van der Waals surface area contributed by atoms with Gasteiger partial charge in [0.25, 0.3) is 0 Å². The van der Waals surface area contributed by atoms with Gasteiger partial charge < -0.3 is 10.2 Å². The van der Waals surface area contributed by atoms with Crippen LogP contribution in [0, 0.1) is 0 Å². The molecule has 1 atom stereocenters. The van der Waals surface area contributed by atoms with Crippen molar-refractivity contribution in [1.29, 1.82) is 0 Å². The number of hydrogen-bond donors (Lipinski definition) is 2. The summed E-state index contributed by atoms with van der Waals surface area (Å²) in [6.45, 7) is 0. The average molecular weight is 310 g/mol. The van der Waals surface area contributed by atoms with Crippen LogP contribution >= 0.6 is 0 Å². The molecule has 0 aliphatic carbocycles. The molecule has 0 fully saturated rings. The number of fused-ring (bicyclic) bond motifs is 1. The van der Waals surface area contributed by atoms with Crippen molar-refractivity contribution in [2.45, 2.75) is 6.04 Å². The molecule has 0 spiro atoms. The first-order chi connectivity index (χ1) is 11.1. The van der Waals surface area contributed by atoms with E-state index in [-0.39, 0.29) is 6.04 Å². The number of pyridine rings is 1. The fourth-order valence-corrected chi connectivity index (χ4v) is 2.07. The van der Waals surface area contributed by atoms with Crippen molar-refractivity contribution in [2.24, 2.45) is 4.99 Å². The summed E-state index contributed by atoms with van der Waals surface area (Å²) >= 11 is 0. The Morgan fingerprint density at radius 1 is 0.957 bits per heavy atom. The Balaban J connectivity index is 0.000000207. The van der Waals surface area contributed by atoms with E-state index < -0.39 is 11.9 Å². The standard InChI is InChI=1S/C13H10N2.C4H4O4/c1-2-4-12-11(3-1)9-15-13(12)10-5-7-14-8-6-10;5-3(6)1-2-4(7)8/h1-9,13H;1-2H,(H,5,6)(H,7,8)/b;2-1+. The molecule has 0 saturated heterocycles. The van der Waals surface area contributed by atoms with Crippen LogP contribution in [0.5, 0.6) is 0 Å². The minimum absolute atomic E-state index is 0.157. The fourth-order valence-electron chi connectivity index (χ4n) is 2.07. The SMILES string of the molecule is C1=NC(c2ccncc2)c2ccccc21.O=C(O)/C=C/C(=O)O. The van der Waals surface area contributed by atoms with Gasteiger partial charge in [-0.1, -0.05) is 24.3 Å². The molecule has 1 aromatic heterocycles.